The van der Waals surface area contributed by atoms with Crippen molar-refractivity contribution < 1.29 is 13.2 Å². The van der Waals surface area contributed by atoms with Gasteiger partial charge in [-0.3, -0.25) is 4.79 Å². The molecular formula is C13H20N2O3S. The van der Waals surface area contributed by atoms with Crippen molar-refractivity contribution in [2.24, 2.45) is 0 Å². The maximum absolute atomic E-state index is 11.8. The highest BCUT2D eigenvalue weighted by Gasteiger charge is 2.19. The smallest absolute Gasteiger partial charge is 0.221 e. The van der Waals surface area contributed by atoms with Gasteiger partial charge in [0.05, 0.1) is 5.25 Å². The topological polar surface area (TPSA) is 75.3 Å². The minimum atomic E-state index is -3.32. The summed E-state index contributed by atoms with van der Waals surface area (Å²) in [7, 11) is -3.32. The number of hydrogen-bond donors (Lipinski definition) is 2. The average Bonchev–Trinajstić information content (AvgIpc) is 2.27. The van der Waals surface area contributed by atoms with Gasteiger partial charge in [0, 0.05) is 18.7 Å². The highest BCUT2D eigenvalue weighted by atomic mass is 32.2. The second kappa shape index (κ2) is 6.16. The average molecular weight is 284 g/mol. The maximum atomic E-state index is 11.8. The fraction of sp³-hybridized carbons (Fsp3) is 0.462. The molecule has 0 aliphatic rings. The first-order valence-corrected chi connectivity index (χ1v) is 7.65. The van der Waals surface area contributed by atoms with E-state index in [1.807, 2.05) is 6.07 Å². The van der Waals surface area contributed by atoms with Crippen molar-refractivity contribution >= 4 is 21.6 Å². The Labute approximate surface area is 114 Å². The van der Waals surface area contributed by atoms with E-state index in [1.54, 1.807) is 39.0 Å². The van der Waals surface area contributed by atoms with Crippen LogP contribution in [0.5, 0.6) is 0 Å². The molecule has 0 aliphatic carbocycles. The van der Waals surface area contributed by atoms with E-state index in [9.17, 15) is 13.2 Å². The molecule has 0 heterocycles. The van der Waals surface area contributed by atoms with E-state index in [4.69, 9.17) is 0 Å². The molecule has 0 saturated carbocycles. The van der Waals surface area contributed by atoms with E-state index in [0.29, 0.717) is 5.69 Å². The molecule has 19 heavy (non-hydrogen) atoms. The minimum Gasteiger partial charge on any atom is -0.326 e. The van der Waals surface area contributed by atoms with Crippen molar-refractivity contribution in [2.75, 3.05) is 5.32 Å². The van der Waals surface area contributed by atoms with Gasteiger partial charge in [-0.25, -0.2) is 13.1 Å². The van der Waals surface area contributed by atoms with Crippen LogP contribution >= 0.6 is 0 Å². The van der Waals surface area contributed by atoms with Crippen LogP contribution in [0.3, 0.4) is 0 Å². The Kier molecular flexibility index (Phi) is 5.08. The molecule has 1 rings (SSSR count). The number of benzene rings is 1. The number of sulfonamides is 1. The van der Waals surface area contributed by atoms with Crippen LogP contribution in [-0.4, -0.2) is 19.6 Å². The van der Waals surface area contributed by atoms with E-state index in [-0.39, 0.29) is 11.9 Å². The summed E-state index contributed by atoms with van der Waals surface area (Å²) in [6.07, 6.45) is 0. The van der Waals surface area contributed by atoms with E-state index >= 15 is 0 Å². The fourth-order valence-corrected chi connectivity index (χ4v) is 2.44. The number of amides is 1. The lowest BCUT2D eigenvalue weighted by molar-refractivity contribution is -0.114. The van der Waals surface area contributed by atoms with Gasteiger partial charge in [-0.2, -0.15) is 0 Å². The molecule has 0 saturated heterocycles. The SMILES string of the molecule is CC(=O)Nc1cccc(C(C)NS(=O)(=O)C(C)C)c1. The van der Waals surface area contributed by atoms with Crippen LogP contribution in [0.2, 0.25) is 0 Å². The molecule has 0 bridgehead atoms. The van der Waals surface area contributed by atoms with Crippen molar-refractivity contribution in [3.8, 4) is 0 Å². The van der Waals surface area contributed by atoms with Crippen LogP contribution in [0, 0.1) is 0 Å². The predicted octanol–water partition coefficient (Wildman–Crippen LogP) is 2.03. The monoisotopic (exact) mass is 284 g/mol. The standard InChI is InChI=1S/C13H20N2O3S/c1-9(2)19(17,18)15-10(3)12-6-5-7-13(8-12)14-11(4)16/h5-10,15H,1-4H3,(H,14,16). The second-order valence-corrected chi connectivity index (χ2v) is 7.01. The third-order valence-corrected chi connectivity index (χ3v) is 4.59. The largest absolute Gasteiger partial charge is 0.326 e. The lowest BCUT2D eigenvalue weighted by Crippen LogP contribution is -2.32. The molecule has 0 fully saturated rings. The molecule has 1 atom stereocenters. The van der Waals surface area contributed by atoms with Gasteiger partial charge >= 0.3 is 0 Å². The third-order valence-electron chi connectivity index (χ3n) is 2.67. The number of carbonyl (C=O) groups is 1. The van der Waals surface area contributed by atoms with Crippen molar-refractivity contribution in [2.45, 2.75) is 39.0 Å². The Balaban J connectivity index is 2.88. The maximum Gasteiger partial charge on any atom is 0.221 e. The van der Waals surface area contributed by atoms with E-state index in [0.717, 1.165) is 5.56 Å². The summed E-state index contributed by atoms with van der Waals surface area (Å²) in [5.74, 6) is -0.160. The number of hydrogen-bond acceptors (Lipinski definition) is 3. The molecule has 0 radical (unpaired) electrons. The summed E-state index contributed by atoms with van der Waals surface area (Å²) in [6, 6.07) is 6.77. The minimum absolute atomic E-state index is 0.160. The lowest BCUT2D eigenvalue weighted by atomic mass is 10.1. The molecule has 1 unspecified atom stereocenters. The number of carbonyl (C=O) groups excluding carboxylic acids is 1. The van der Waals surface area contributed by atoms with Crippen LogP contribution in [-0.2, 0) is 14.8 Å². The van der Waals surface area contributed by atoms with E-state index in [2.05, 4.69) is 10.0 Å². The lowest BCUT2D eigenvalue weighted by Gasteiger charge is -2.17. The van der Waals surface area contributed by atoms with E-state index in [1.165, 1.54) is 6.92 Å². The molecule has 2 N–H and O–H groups in total. The highest BCUT2D eigenvalue weighted by molar-refractivity contribution is 7.90. The molecule has 106 valence electrons. The molecular weight excluding hydrogens is 264 g/mol. The molecule has 0 aliphatic heterocycles. The van der Waals surface area contributed by atoms with Gasteiger partial charge in [0.25, 0.3) is 0 Å². The highest BCUT2D eigenvalue weighted by Crippen LogP contribution is 2.18. The number of nitrogens with one attached hydrogen (secondary N) is 2. The number of anilines is 1. The molecule has 1 aromatic carbocycles. The zero-order valence-electron chi connectivity index (χ0n) is 11.6. The van der Waals surface area contributed by atoms with Crippen LogP contribution in [0.15, 0.2) is 24.3 Å². The predicted molar refractivity (Wildman–Crippen MR) is 76.4 cm³/mol. The van der Waals surface area contributed by atoms with Crippen molar-refractivity contribution in [1.29, 1.82) is 0 Å². The summed E-state index contributed by atoms with van der Waals surface area (Å²) in [4.78, 5) is 11.0. The summed E-state index contributed by atoms with van der Waals surface area (Å²) in [6.45, 7) is 6.45. The van der Waals surface area contributed by atoms with Crippen molar-refractivity contribution in [3.05, 3.63) is 29.8 Å². The first kappa shape index (κ1) is 15.7. The van der Waals surface area contributed by atoms with Gasteiger partial charge in [-0.15, -0.1) is 0 Å². The first-order chi connectivity index (χ1) is 8.72. The number of rotatable bonds is 5. The van der Waals surface area contributed by atoms with Gasteiger partial charge in [0.2, 0.25) is 15.9 Å². The molecule has 1 aromatic rings. The Hall–Kier alpha value is -1.40. The first-order valence-electron chi connectivity index (χ1n) is 6.11. The third kappa shape index (κ3) is 4.65. The summed E-state index contributed by atoms with van der Waals surface area (Å²) in [5, 5.41) is 2.19. The summed E-state index contributed by atoms with van der Waals surface area (Å²) >= 11 is 0. The van der Waals surface area contributed by atoms with Crippen LogP contribution in [0.25, 0.3) is 0 Å². The molecule has 5 nitrogen and oxygen atoms in total. The van der Waals surface area contributed by atoms with Gasteiger partial charge in [0.15, 0.2) is 0 Å². The molecule has 0 aromatic heterocycles. The Bertz CT molecular complexity index is 553. The van der Waals surface area contributed by atoms with Gasteiger partial charge < -0.3 is 5.32 Å². The van der Waals surface area contributed by atoms with Gasteiger partial charge in [0.1, 0.15) is 0 Å². The van der Waals surface area contributed by atoms with Crippen LogP contribution in [0.1, 0.15) is 39.3 Å². The normalized spacial score (nSPS) is 13.3. The molecule has 6 heteroatoms. The Morgan fingerprint density at radius 1 is 1.21 bits per heavy atom. The van der Waals surface area contributed by atoms with Crippen molar-refractivity contribution in [1.82, 2.24) is 4.72 Å². The second-order valence-electron chi connectivity index (χ2n) is 4.74. The molecule has 0 spiro atoms. The van der Waals surface area contributed by atoms with Gasteiger partial charge in [-0.1, -0.05) is 12.1 Å². The summed E-state index contributed by atoms with van der Waals surface area (Å²) < 4.78 is 26.2. The van der Waals surface area contributed by atoms with Crippen molar-refractivity contribution in [3.63, 3.8) is 0 Å². The Morgan fingerprint density at radius 3 is 2.37 bits per heavy atom. The zero-order chi connectivity index (χ0) is 14.6. The van der Waals surface area contributed by atoms with E-state index < -0.39 is 15.3 Å². The fourth-order valence-electron chi connectivity index (χ4n) is 1.54. The summed E-state index contributed by atoms with van der Waals surface area (Å²) in [5.41, 5.74) is 1.45. The zero-order valence-corrected chi connectivity index (χ0v) is 12.4. The van der Waals surface area contributed by atoms with Crippen LogP contribution < -0.4 is 10.0 Å². The van der Waals surface area contributed by atoms with Crippen LogP contribution in [0.4, 0.5) is 5.69 Å². The quantitative estimate of drug-likeness (QED) is 0.868. The molecule has 1 amide bonds. The Morgan fingerprint density at radius 2 is 1.84 bits per heavy atom. The van der Waals surface area contributed by atoms with Gasteiger partial charge in [-0.05, 0) is 38.5 Å².